The SMILES string of the molecule is CCOc1cc2c(cc1I)CN1CCNCC21. The predicted octanol–water partition coefficient (Wildman–Crippen LogP) is 2.15. The maximum atomic E-state index is 5.70. The largest absolute Gasteiger partial charge is 0.493 e. The standard InChI is InChI=1S/C13H17IN2O/c1-2-17-13-6-10-9(5-11(13)14)8-16-4-3-15-7-12(10)16/h5-6,12,15H,2-4,7-8H2,1H3. The van der Waals surface area contributed by atoms with Crippen LogP contribution in [0.4, 0.5) is 0 Å². The molecule has 1 saturated heterocycles. The van der Waals surface area contributed by atoms with Crippen LogP contribution in [0, 0.1) is 3.57 Å². The molecule has 1 aromatic carbocycles. The quantitative estimate of drug-likeness (QED) is 0.833. The number of halogens is 1. The van der Waals surface area contributed by atoms with Gasteiger partial charge in [0.1, 0.15) is 5.75 Å². The number of hydrogen-bond acceptors (Lipinski definition) is 3. The second-order valence-corrected chi connectivity index (χ2v) is 5.77. The molecule has 0 aromatic heterocycles. The highest BCUT2D eigenvalue weighted by Gasteiger charge is 2.32. The summed E-state index contributed by atoms with van der Waals surface area (Å²) in [6.07, 6.45) is 0. The molecule has 92 valence electrons. The van der Waals surface area contributed by atoms with Crippen LogP contribution in [-0.4, -0.2) is 31.1 Å². The summed E-state index contributed by atoms with van der Waals surface area (Å²) in [4.78, 5) is 2.56. The Bertz CT molecular complexity index is 436. The highest BCUT2D eigenvalue weighted by molar-refractivity contribution is 14.1. The topological polar surface area (TPSA) is 24.5 Å². The molecule has 3 rings (SSSR count). The normalized spacial score (nSPS) is 23.3. The Morgan fingerprint density at radius 3 is 3.24 bits per heavy atom. The van der Waals surface area contributed by atoms with Crippen molar-refractivity contribution >= 4 is 22.6 Å². The fraction of sp³-hybridized carbons (Fsp3) is 0.538. The third-order valence-electron chi connectivity index (χ3n) is 3.58. The summed E-state index contributed by atoms with van der Waals surface area (Å²) in [5, 5.41) is 3.48. The Balaban J connectivity index is 1.97. The van der Waals surface area contributed by atoms with Gasteiger partial charge in [0.2, 0.25) is 0 Å². The third-order valence-corrected chi connectivity index (χ3v) is 4.42. The lowest BCUT2D eigenvalue weighted by Gasteiger charge is -2.30. The van der Waals surface area contributed by atoms with Gasteiger partial charge in [-0.25, -0.2) is 0 Å². The van der Waals surface area contributed by atoms with E-state index in [0.717, 1.165) is 38.5 Å². The highest BCUT2D eigenvalue weighted by atomic mass is 127. The molecule has 0 amide bonds. The lowest BCUT2D eigenvalue weighted by atomic mass is 10.0. The fourth-order valence-electron chi connectivity index (χ4n) is 2.78. The molecule has 2 heterocycles. The van der Waals surface area contributed by atoms with Gasteiger partial charge in [0.15, 0.2) is 0 Å². The van der Waals surface area contributed by atoms with Crippen LogP contribution in [0.5, 0.6) is 5.75 Å². The average molecular weight is 344 g/mol. The zero-order chi connectivity index (χ0) is 11.8. The molecule has 1 atom stereocenters. The van der Waals surface area contributed by atoms with Crippen molar-refractivity contribution in [3.8, 4) is 5.75 Å². The second kappa shape index (κ2) is 4.74. The van der Waals surface area contributed by atoms with E-state index in [0.29, 0.717) is 6.04 Å². The van der Waals surface area contributed by atoms with E-state index in [1.807, 2.05) is 6.92 Å². The van der Waals surface area contributed by atoms with Crippen molar-refractivity contribution in [3.05, 3.63) is 26.8 Å². The van der Waals surface area contributed by atoms with Crippen molar-refractivity contribution in [2.24, 2.45) is 0 Å². The Labute approximate surface area is 116 Å². The molecule has 1 aromatic rings. The maximum absolute atomic E-state index is 5.70. The minimum atomic E-state index is 0.551. The van der Waals surface area contributed by atoms with Crippen LogP contribution in [0.3, 0.4) is 0 Å². The number of fused-ring (bicyclic) bond motifs is 3. The van der Waals surface area contributed by atoms with E-state index >= 15 is 0 Å². The van der Waals surface area contributed by atoms with E-state index < -0.39 is 0 Å². The van der Waals surface area contributed by atoms with Gasteiger partial charge in [-0.3, -0.25) is 4.90 Å². The molecule has 2 aliphatic rings. The molecule has 0 spiro atoms. The smallest absolute Gasteiger partial charge is 0.132 e. The molecular formula is C13H17IN2O. The zero-order valence-electron chi connectivity index (χ0n) is 10.0. The monoisotopic (exact) mass is 344 g/mol. The van der Waals surface area contributed by atoms with Gasteiger partial charge < -0.3 is 10.1 Å². The van der Waals surface area contributed by atoms with Gasteiger partial charge in [0, 0.05) is 32.2 Å². The van der Waals surface area contributed by atoms with E-state index in [4.69, 9.17) is 4.74 Å². The van der Waals surface area contributed by atoms with Crippen molar-refractivity contribution in [3.63, 3.8) is 0 Å². The third kappa shape index (κ3) is 2.06. The first-order chi connectivity index (χ1) is 8.29. The first kappa shape index (κ1) is 11.7. The van der Waals surface area contributed by atoms with Crippen LogP contribution in [0.1, 0.15) is 24.1 Å². The molecule has 4 heteroatoms. The Hall–Kier alpha value is -0.330. The van der Waals surface area contributed by atoms with Gasteiger partial charge in [-0.05, 0) is 52.8 Å². The number of ether oxygens (including phenoxy) is 1. The Kier molecular flexibility index (Phi) is 3.28. The molecule has 1 unspecified atom stereocenters. The maximum Gasteiger partial charge on any atom is 0.132 e. The summed E-state index contributed by atoms with van der Waals surface area (Å²) < 4.78 is 6.93. The summed E-state index contributed by atoms with van der Waals surface area (Å²) in [5.41, 5.74) is 2.94. The van der Waals surface area contributed by atoms with Gasteiger partial charge in [0.05, 0.1) is 10.2 Å². The number of nitrogens with one attached hydrogen (secondary N) is 1. The van der Waals surface area contributed by atoms with E-state index in [1.165, 1.54) is 14.7 Å². The number of benzene rings is 1. The molecule has 0 bridgehead atoms. The van der Waals surface area contributed by atoms with Crippen molar-refractivity contribution in [1.29, 1.82) is 0 Å². The van der Waals surface area contributed by atoms with Gasteiger partial charge in [-0.2, -0.15) is 0 Å². The number of hydrogen-bond donors (Lipinski definition) is 1. The van der Waals surface area contributed by atoms with Crippen molar-refractivity contribution in [2.45, 2.75) is 19.5 Å². The second-order valence-electron chi connectivity index (χ2n) is 4.60. The molecule has 0 saturated carbocycles. The summed E-state index contributed by atoms with van der Waals surface area (Å²) in [6.45, 7) is 7.21. The molecule has 17 heavy (non-hydrogen) atoms. The lowest BCUT2D eigenvalue weighted by Crippen LogP contribution is -2.42. The predicted molar refractivity (Wildman–Crippen MR) is 76.3 cm³/mol. The van der Waals surface area contributed by atoms with Crippen LogP contribution in [0.25, 0.3) is 0 Å². The minimum absolute atomic E-state index is 0.551. The van der Waals surface area contributed by atoms with Gasteiger partial charge in [-0.1, -0.05) is 0 Å². The number of rotatable bonds is 2. The zero-order valence-corrected chi connectivity index (χ0v) is 12.2. The van der Waals surface area contributed by atoms with E-state index in [2.05, 4.69) is 44.9 Å². The van der Waals surface area contributed by atoms with Crippen LogP contribution in [0.2, 0.25) is 0 Å². The van der Waals surface area contributed by atoms with E-state index in [-0.39, 0.29) is 0 Å². The average Bonchev–Trinajstić information content (AvgIpc) is 2.67. The Morgan fingerprint density at radius 1 is 1.53 bits per heavy atom. The van der Waals surface area contributed by atoms with E-state index in [1.54, 1.807) is 0 Å². The van der Waals surface area contributed by atoms with Crippen molar-refractivity contribution in [2.75, 3.05) is 26.2 Å². The fourth-order valence-corrected chi connectivity index (χ4v) is 3.47. The summed E-state index contributed by atoms with van der Waals surface area (Å²) in [6, 6.07) is 5.09. The van der Waals surface area contributed by atoms with Gasteiger partial charge >= 0.3 is 0 Å². The van der Waals surface area contributed by atoms with E-state index in [9.17, 15) is 0 Å². The van der Waals surface area contributed by atoms with Crippen molar-refractivity contribution in [1.82, 2.24) is 10.2 Å². The first-order valence-corrected chi connectivity index (χ1v) is 7.27. The van der Waals surface area contributed by atoms with Crippen LogP contribution >= 0.6 is 22.6 Å². The molecule has 1 N–H and O–H groups in total. The van der Waals surface area contributed by atoms with Crippen LogP contribution < -0.4 is 10.1 Å². The Morgan fingerprint density at radius 2 is 2.41 bits per heavy atom. The summed E-state index contributed by atoms with van der Waals surface area (Å²) in [5.74, 6) is 1.04. The molecule has 2 aliphatic heterocycles. The van der Waals surface area contributed by atoms with Gasteiger partial charge in [-0.15, -0.1) is 0 Å². The molecule has 0 aliphatic carbocycles. The summed E-state index contributed by atoms with van der Waals surface area (Å²) in [7, 11) is 0. The highest BCUT2D eigenvalue weighted by Crippen LogP contribution is 2.38. The van der Waals surface area contributed by atoms with Crippen molar-refractivity contribution < 1.29 is 4.74 Å². The number of piperazine rings is 1. The lowest BCUT2D eigenvalue weighted by molar-refractivity contribution is 0.178. The summed E-state index contributed by atoms with van der Waals surface area (Å²) >= 11 is 2.37. The van der Waals surface area contributed by atoms with Gasteiger partial charge in [0.25, 0.3) is 0 Å². The first-order valence-electron chi connectivity index (χ1n) is 6.19. The molecule has 3 nitrogen and oxygen atoms in total. The number of nitrogens with zero attached hydrogens (tertiary/aromatic N) is 1. The van der Waals surface area contributed by atoms with Crippen LogP contribution in [0.15, 0.2) is 12.1 Å². The molecule has 1 fully saturated rings. The molecule has 0 radical (unpaired) electrons. The van der Waals surface area contributed by atoms with Crippen LogP contribution in [-0.2, 0) is 6.54 Å². The molecular weight excluding hydrogens is 327 g/mol. The minimum Gasteiger partial charge on any atom is -0.493 e.